The molecule has 116 valence electrons. The minimum atomic E-state index is -1.62. The van der Waals surface area contributed by atoms with Gasteiger partial charge in [-0.3, -0.25) is 4.79 Å². The third kappa shape index (κ3) is 2.20. The molecule has 0 saturated carbocycles. The summed E-state index contributed by atoms with van der Waals surface area (Å²) in [6.07, 6.45) is 0.0996. The number of aliphatic hydroxyl groups is 2. The molecule has 0 bridgehead atoms. The van der Waals surface area contributed by atoms with E-state index in [-0.39, 0.29) is 24.9 Å². The minimum Gasteiger partial charge on any atom is -0.467 e. The van der Waals surface area contributed by atoms with Crippen molar-refractivity contribution in [1.29, 1.82) is 0 Å². The fourth-order valence-electron chi connectivity index (χ4n) is 3.16. The van der Waals surface area contributed by atoms with Crippen LogP contribution < -0.4 is 5.32 Å². The smallest absolute Gasteiger partial charge is 0.334 e. The third-order valence-corrected chi connectivity index (χ3v) is 4.72. The second-order valence-electron chi connectivity index (χ2n) is 6.03. The first kappa shape index (κ1) is 16.9. The van der Waals surface area contributed by atoms with Crippen LogP contribution >= 0.6 is 0 Å². The molecule has 0 aliphatic carbocycles. The second-order valence-corrected chi connectivity index (χ2v) is 6.03. The van der Waals surface area contributed by atoms with Crippen LogP contribution in [0.5, 0.6) is 0 Å². The summed E-state index contributed by atoms with van der Waals surface area (Å²) >= 11 is 0. The highest BCUT2D eigenvalue weighted by atomic mass is 16.5. The summed E-state index contributed by atoms with van der Waals surface area (Å²) in [4.78, 5) is 24.5. The molecule has 0 spiro atoms. The molecular formula is C14H25NO5. The molecule has 0 aromatic carbocycles. The van der Waals surface area contributed by atoms with Crippen molar-refractivity contribution in [2.24, 2.45) is 17.8 Å². The third-order valence-electron chi connectivity index (χ3n) is 4.72. The maximum atomic E-state index is 12.3. The Hall–Kier alpha value is -1.14. The van der Waals surface area contributed by atoms with Crippen molar-refractivity contribution in [2.75, 3.05) is 13.7 Å². The van der Waals surface area contributed by atoms with Crippen LogP contribution in [0.25, 0.3) is 0 Å². The molecule has 1 aliphatic heterocycles. The van der Waals surface area contributed by atoms with Gasteiger partial charge >= 0.3 is 5.97 Å². The van der Waals surface area contributed by atoms with E-state index in [1.54, 1.807) is 6.92 Å². The molecule has 20 heavy (non-hydrogen) atoms. The van der Waals surface area contributed by atoms with Gasteiger partial charge in [-0.2, -0.15) is 0 Å². The first-order valence-electron chi connectivity index (χ1n) is 6.90. The fraction of sp³-hybridized carbons (Fsp3) is 0.857. The first-order chi connectivity index (χ1) is 9.16. The summed E-state index contributed by atoms with van der Waals surface area (Å²) in [6.45, 7) is 6.86. The van der Waals surface area contributed by atoms with Gasteiger partial charge < -0.3 is 20.3 Å². The number of rotatable bonds is 5. The van der Waals surface area contributed by atoms with Crippen LogP contribution in [0.1, 0.15) is 34.1 Å². The summed E-state index contributed by atoms with van der Waals surface area (Å²) in [5, 5.41) is 22.6. The molecule has 1 rings (SSSR count). The van der Waals surface area contributed by atoms with E-state index in [1.165, 1.54) is 14.0 Å². The van der Waals surface area contributed by atoms with Crippen molar-refractivity contribution in [3.8, 4) is 0 Å². The molecule has 0 aromatic heterocycles. The second kappa shape index (κ2) is 5.69. The summed E-state index contributed by atoms with van der Waals surface area (Å²) in [5.74, 6) is -2.20. The number of nitrogens with one attached hydrogen (secondary N) is 1. The largest absolute Gasteiger partial charge is 0.467 e. The molecule has 1 amide bonds. The fourth-order valence-corrected chi connectivity index (χ4v) is 3.16. The molecule has 3 N–H and O–H groups in total. The Morgan fingerprint density at radius 1 is 1.45 bits per heavy atom. The van der Waals surface area contributed by atoms with E-state index in [4.69, 9.17) is 9.84 Å². The molecule has 6 heteroatoms. The van der Waals surface area contributed by atoms with Gasteiger partial charge in [-0.1, -0.05) is 20.8 Å². The van der Waals surface area contributed by atoms with Crippen molar-refractivity contribution in [3.63, 3.8) is 0 Å². The maximum absolute atomic E-state index is 12.3. The van der Waals surface area contributed by atoms with E-state index in [1.807, 2.05) is 13.8 Å². The average Bonchev–Trinajstić information content (AvgIpc) is 2.58. The van der Waals surface area contributed by atoms with Crippen LogP contribution in [-0.4, -0.2) is 46.9 Å². The van der Waals surface area contributed by atoms with Crippen molar-refractivity contribution >= 4 is 11.9 Å². The van der Waals surface area contributed by atoms with Gasteiger partial charge in [0.05, 0.1) is 13.0 Å². The van der Waals surface area contributed by atoms with E-state index < -0.39 is 28.9 Å². The summed E-state index contributed by atoms with van der Waals surface area (Å²) in [7, 11) is 1.23. The van der Waals surface area contributed by atoms with Gasteiger partial charge in [0.25, 0.3) is 0 Å². The van der Waals surface area contributed by atoms with E-state index in [9.17, 15) is 14.7 Å². The normalized spacial score (nSPS) is 35.0. The number of hydrogen-bond donors (Lipinski definition) is 3. The predicted molar refractivity (Wildman–Crippen MR) is 72.7 cm³/mol. The van der Waals surface area contributed by atoms with Gasteiger partial charge in [-0.15, -0.1) is 0 Å². The molecule has 4 atom stereocenters. The molecule has 1 saturated heterocycles. The molecule has 1 heterocycles. The maximum Gasteiger partial charge on any atom is 0.334 e. The Kier molecular flexibility index (Phi) is 4.82. The molecule has 0 unspecified atom stereocenters. The zero-order chi connectivity index (χ0) is 15.7. The van der Waals surface area contributed by atoms with Crippen LogP contribution in [0.4, 0.5) is 0 Å². The molecular weight excluding hydrogens is 262 g/mol. The van der Waals surface area contributed by atoms with Gasteiger partial charge in [0.2, 0.25) is 5.91 Å². The van der Waals surface area contributed by atoms with Gasteiger partial charge in [0.15, 0.2) is 5.54 Å². The van der Waals surface area contributed by atoms with Crippen molar-refractivity contribution in [2.45, 2.75) is 45.3 Å². The molecule has 1 fully saturated rings. The van der Waals surface area contributed by atoms with E-state index in [0.717, 1.165) is 0 Å². The van der Waals surface area contributed by atoms with Crippen LogP contribution in [0, 0.1) is 17.8 Å². The Balaban J connectivity index is 3.38. The molecule has 0 aromatic rings. The van der Waals surface area contributed by atoms with Crippen LogP contribution in [0.3, 0.4) is 0 Å². The average molecular weight is 287 g/mol. The number of hydrogen-bond acceptors (Lipinski definition) is 5. The number of carbonyl (C=O) groups is 2. The summed E-state index contributed by atoms with van der Waals surface area (Å²) < 4.78 is 4.84. The molecule has 6 nitrogen and oxygen atoms in total. The van der Waals surface area contributed by atoms with Gasteiger partial charge in [0, 0.05) is 6.61 Å². The standard InChI is InChI=1S/C14H25NO5/c1-8(2)9(3)14(12(18)20-5)13(4,19)10(6-7-16)11(17)15-14/h8-10,16,19H,6-7H2,1-5H3,(H,15,17)/t9-,10-,13-,14-/m0/s1. The summed E-state index contributed by atoms with van der Waals surface area (Å²) in [6, 6.07) is 0. The number of methoxy groups -OCH3 is 1. The van der Waals surface area contributed by atoms with Crippen LogP contribution in [0.2, 0.25) is 0 Å². The van der Waals surface area contributed by atoms with Gasteiger partial charge in [0.1, 0.15) is 5.60 Å². The zero-order valence-corrected chi connectivity index (χ0v) is 12.8. The summed E-state index contributed by atoms with van der Waals surface area (Å²) in [5.41, 5.74) is -3.11. The highest BCUT2D eigenvalue weighted by Crippen LogP contribution is 2.45. The lowest BCUT2D eigenvalue weighted by Gasteiger charge is -2.44. The van der Waals surface area contributed by atoms with Crippen molar-refractivity contribution < 1.29 is 24.5 Å². The minimum absolute atomic E-state index is 0.0498. The predicted octanol–water partition coefficient (Wildman–Crippen LogP) is 0.0697. The lowest BCUT2D eigenvalue weighted by Crippen LogP contribution is -2.67. The number of esters is 1. The van der Waals surface area contributed by atoms with Gasteiger partial charge in [-0.05, 0) is 25.2 Å². The zero-order valence-electron chi connectivity index (χ0n) is 12.8. The Morgan fingerprint density at radius 3 is 2.40 bits per heavy atom. The number of carbonyl (C=O) groups excluding carboxylic acids is 2. The Labute approximate surface area is 119 Å². The lowest BCUT2D eigenvalue weighted by atomic mass is 9.66. The molecule has 1 aliphatic rings. The topological polar surface area (TPSA) is 95.9 Å². The van der Waals surface area contributed by atoms with Crippen LogP contribution in [-0.2, 0) is 14.3 Å². The SMILES string of the molecule is COC(=O)[C@]1([C@@H](C)C(C)C)NC(=O)[C@H](CCO)[C@]1(C)O. The van der Waals surface area contributed by atoms with E-state index in [0.29, 0.717) is 0 Å². The van der Waals surface area contributed by atoms with Gasteiger partial charge in [-0.25, -0.2) is 4.79 Å². The van der Waals surface area contributed by atoms with Crippen molar-refractivity contribution in [3.05, 3.63) is 0 Å². The highest BCUT2D eigenvalue weighted by Gasteiger charge is 2.68. The number of ether oxygens (including phenoxy) is 1. The van der Waals surface area contributed by atoms with E-state index in [2.05, 4.69) is 5.32 Å². The van der Waals surface area contributed by atoms with Crippen LogP contribution in [0.15, 0.2) is 0 Å². The first-order valence-corrected chi connectivity index (χ1v) is 6.90. The van der Waals surface area contributed by atoms with E-state index >= 15 is 0 Å². The lowest BCUT2D eigenvalue weighted by molar-refractivity contribution is -0.166. The Bertz CT molecular complexity index is 393. The van der Waals surface area contributed by atoms with Crippen molar-refractivity contribution in [1.82, 2.24) is 5.32 Å². The monoisotopic (exact) mass is 287 g/mol. The quantitative estimate of drug-likeness (QED) is 0.622. The molecule has 0 radical (unpaired) electrons. The highest BCUT2D eigenvalue weighted by molar-refractivity contribution is 5.96. The number of amides is 1. The number of aliphatic hydroxyl groups excluding tert-OH is 1. The Morgan fingerprint density at radius 2 is 2.00 bits per heavy atom.